The highest BCUT2D eigenvalue weighted by molar-refractivity contribution is 5.75. The number of aromatic nitrogens is 4. The van der Waals surface area contributed by atoms with Crippen LogP contribution in [0.1, 0.15) is 84.5 Å². The maximum atomic E-state index is 13.0. The first-order chi connectivity index (χ1) is 14.0. The first kappa shape index (κ1) is 23.1. The molecule has 0 aliphatic heterocycles. The lowest BCUT2D eigenvalue weighted by atomic mass is 10.1. The first-order valence-electron chi connectivity index (χ1n) is 11.1. The van der Waals surface area contributed by atoms with Crippen molar-refractivity contribution >= 4 is 16.9 Å². The van der Waals surface area contributed by atoms with Gasteiger partial charge in [-0.3, -0.25) is 13.9 Å². The molecule has 0 saturated carbocycles. The summed E-state index contributed by atoms with van der Waals surface area (Å²) in [6.45, 7) is 4.88. The van der Waals surface area contributed by atoms with Crippen molar-refractivity contribution in [3.05, 3.63) is 27.2 Å². The molecule has 0 unspecified atom stereocenters. The van der Waals surface area contributed by atoms with Gasteiger partial charge in [-0.2, -0.15) is 0 Å². The molecule has 2 heterocycles. The van der Waals surface area contributed by atoms with E-state index in [1.807, 2.05) is 4.57 Å². The van der Waals surface area contributed by atoms with Crippen molar-refractivity contribution in [2.45, 2.75) is 97.6 Å². The maximum Gasteiger partial charge on any atom is 0.332 e. The molecule has 0 aliphatic rings. The molecule has 2 rings (SSSR count). The zero-order valence-corrected chi connectivity index (χ0v) is 18.3. The monoisotopic (exact) mass is 404 g/mol. The van der Waals surface area contributed by atoms with Crippen LogP contribution in [0.5, 0.6) is 0 Å². The summed E-state index contributed by atoms with van der Waals surface area (Å²) < 4.78 is 4.64. The standard InChI is InChI=1S/C22H36N4O3/c1-4-5-6-7-8-9-10-12-16-26-21(28)19-20(24(3)22(26)29)23-17-25(19)15-13-11-14-18(2)27/h17H,4-16H2,1-3H3. The molecule has 0 radical (unpaired) electrons. The van der Waals surface area contributed by atoms with E-state index >= 15 is 0 Å². The van der Waals surface area contributed by atoms with E-state index in [2.05, 4.69) is 11.9 Å². The molecule has 0 fully saturated rings. The van der Waals surface area contributed by atoms with Gasteiger partial charge in [0, 0.05) is 26.6 Å². The molecule has 0 aromatic carbocycles. The van der Waals surface area contributed by atoms with Gasteiger partial charge in [0.15, 0.2) is 11.2 Å². The van der Waals surface area contributed by atoms with Crippen LogP contribution in [0, 0.1) is 0 Å². The van der Waals surface area contributed by atoms with E-state index in [1.165, 1.54) is 41.2 Å². The van der Waals surface area contributed by atoms with Crippen LogP contribution in [0.3, 0.4) is 0 Å². The summed E-state index contributed by atoms with van der Waals surface area (Å²) in [6.07, 6.45) is 13.1. The molecule has 0 saturated heterocycles. The zero-order chi connectivity index (χ0) is 21.2. The quantitative estimate of drug-likeness (QED) is 0.449. The van der Waals surface area contributed by atoms with Crippen LogP contribution in [-0.2, 0) is 24.9 Å². The Bertz CT molecular complexity index is 907. The molecule has 0 N–H and O–H groups in total. The van der Waals surface area contributed by atoms with Gasteiger partial charge in [-0.25, -0.2) is 9.78 Å². The van der Waals surface area contributed by atoms with Gasteiger partial charge in [0.1, 0.15) is 5.78 Å². The predicted molar refractivity (Wildman–Crippen MR) is 116 cm³/mol. The molecule has 29 heavy (non-hydrogen) atoms. The van der Waals surface area contributed by atoms with Crippen molar-refractivity contribution < 1.29 is 4.79 Å². The number of carbonyl (C=O) groups excluding carboxylic acids is 1. The van der Waals surface area contributed by atoms with Crippen molar-refractivity contribution in [3.63, 3.8) is 0 Å². The van der Waals surface area contributed by atoms with E-state index in [1.54, 1.807) is 20.3 Å². The highest BCUT2D eigenvalue weighted by atomic mass is 16.2. The number of Topliss-reactive ketones (excluding diaryl/α,β-unsaturated/α-hetero) is 1. The lowest BCUT2D eigenvalue weighted by molar-refractivity contribution is -0.117. The summed E-state index contributed by atoms with van der Waals surface area (Å²) in [5.74, 6) is 0.176. The Kier molecular flexibility index (Phi) is 9.35. The molecule has 0 spiro atoms. The number of hydrogen-bond acceptors (Lipinski definition) is 4. The third-order valence-electron chi connectivity index (χ3n) is 5.51. The number of ketones is 1. The van der Waals surface area contributed by atoms with Crippen LogP contribution in [-0.4, -0.2) is 24.5 Å². The van der Waals surface area contributed by atoms with Crippen molar-refractivity contribution in [1.82, 2.24) is 18.7 Å². The van der Waals surface area contributed by atoms with E-state index in [-0.39, 0.29) is 17.0 Å². The minimum Gasteiger partial charge on any atom is -0.325 e. The molecule has 162 valence electrons. The number of fused-ring (bicyclic) bond motifs is 1. The Morgan fingerprint density at radius 3 is 2.21 bits per heavy atom. The average molecular weight is 405 g/mol. The van der Waals surface area contributed by atoms with Crippen LogP contribution in [0.4, 0.5) is 0 Å². The number of hydrogen-bond donors (Lipinski definition) is 0. The molecular weight excluding hydrogens is 368 g/mol. The van der Waals surface area contributed by atoms with E-state index in [0.717, 1.165) is 32.1 Å². The first-order valence-corrected chi connectivity index (χ1v) is 11.1. The number of imidazole rings is 1. The summed E-state index contributed by atoms with van der Waals surface area (Å²) >= 11 is 0. The van der Waals surface area contributed by atoms with Gasteiger partial charge in [-0.15, -0.1) is 0 Å². The molecular formula is C22H36N4O3. The van der Waals surface area contributed by atoms with Gasteiger partial charge in [-0.1, -0.05) is 51.9 Å². The van der Waals surface area contributed by atoms with Crippen LogP contribution < -0.4 is 11.2 Å². The van der Waals surface area contributed by atoms with Crippen molar-refractivity contribution in [2.24, 2.45) is 7.05 Å². The molecule has 7 nitrogen and oxygen atoms in total. The summed E-state index contributed by atoms with van der Waals surface area (Å²) in [5.41, 5.74) is 0.357. The molecule has 0 bridgehead atoms. The normalized spacial score (nSPS) is 11.4. The van der Waals surface area contributed by atoms with Gasteiger partial charge in [-0.05, 0) is 26.2 Å². The topological polar surface area (TPSA) is 78.9 Å². The van der Waals surface area contributed by atoms with Crippen molar-refractivity contribution in [1.29, 1.82) is 0 Å². The summed E-state index contributed by atoms with van der Waals surface area (Å²) in [5, 5.41) is 0. The molecule has 0 aliphatic carbocycles. The molecule has 2 aromatic rings. The average Bonchev–Trinajstić information content (AvgIpc) is 3.12. The van der Waals surface area contributed by atoms with Gasteiger partial charge in [0.2, 0.25) is 0 Å². The van der Waals surface area contributed by atoms with E-state index in [9.17, 15) is 14.4 Å². The lowest BCUT2D eigenvalue weighted by Gasteiger charge is -2.10. The van der Waals surface area contributed by atoms with Crippen molar-refractivity contribution in [3.8, 4) is 0 Å². The second-order valence-corrected chi connectivity index (χ2v) is 8.04. The second kappa shape index (κ2) is 11.7. The molecule has 0 amide bonds. The number of nitrogens with zero attached hydrogens (tertiary/aromatic N) is 4. The summed E-state index contributed by atoms with van der Waals surface area (Å²) in [4.78, 5) is 41.0. The minimum atomic E-state index is -0.299. The Balaban J connectivity index is 2.03. The number of rotatable bonds is 14. The molecule has 0 atom stereocenters. The number of aryl methyl sites for hydroxylation is 2. The largest absolute Gasteiger partial charge is 0.332 e. The Morgan fingerprint density at radius 2 is 1.55 bits per heavy atom. The highest BCUT2D eigenvalue weighted by Crippen LogP contribution is 2.10. The Labute approximate surface area is 172 Å². The smallest absolute Gasteiger partial charge is 0.325 e. The summed E-state index contributed by atoms with van der Waals surface area (Å²) in [6, 6.07) is 0. The van der Waals surface area contributed by atoms with Crippen LogP contribution in [0.15, 0.2) is 15.9 Å². The molecule has 7 heteroatoms. The number of carbonyl (C=O) groups is 1. The van der Waals surface area contributed by atoms with Crippen LogP contribution in [0.25, 0.3) is 11.2 Å². The van der Waals surface area contributed by atoms with Gasteiger partial charge >= 0.3 is 5.69 Å². The summed E-state index contributed by atoms with van der Waals surface area (Å²) in [7, 11) is 1.67. The minimum absolute atomic E-state index is 0.176. The second-order valence-electron chi connectivity index (χ2n) is 8.04. The lowest BCUT2D eigenvalue weighted by Crippen LogP contribution is -2.39. The Hall–Kier alpha value is -2.18. The predicted octanol–water partition coefficient (Wildman–Crippen LogP) is 3.80. The molecule has 2 aromatic heterocycles. The fourth-order valence-corrected chi connectivity index (χ4v) is 3.75. The van der Waals surface area contributed by atoms with E-state index in [0.29, 0.717) is 30.7 Å². The van der Waals surface area contributed by atoms with E-state index in [4.69, 9.17) is 0 Å². The van der Waals surface area contributed by atoms with Crippen molar-refractivity contribution in [2.75, 3.05) is 0 Å². The van der Waals surface area contributed by atoms with Gasteiger partial charge in [0.05, 0.1) is 6.33 Å². The highest BCUT2D eigenvalue weighted by Gasteiger charge is 2.15. The van der Waals surface area contributed by atoms with E-state index < -0.39 is 0 Å². The zero-order valence-electron chi connectivity index (χ0n) is 18.3. The maximum absolute atomic E-state index is 13.0. The van der Waals surface area contributed by atoms with Gasteiger partial charge in [0.25, 0.3) is 5.56 Å². The fraction of sp³-hybridized carbons (Fsp3) is 0.727. The Morgan fingerprint density at radius 1 is 0.931 bits per heavy atom. The SMILES string of the molecule is CCCCCCCCCCn1c(=O)c2c(ncn2CCCCC(C)=O)n(C)c1=O. The number of unbranched alkanes of at least 4 members (excludes halogenated alkanes) is 8. The van der Waals surface area contributed by atoms with Gasteiger partial charge < -0.3 is 9.36 Å². The third kappa shape index (κ3) is 6.41. The van der Waals surface area contributed by atoms with Crippen LogP contribution in [0.2, 0.25) is 0 Å². The van der Waals surface area contributed by atoms with Crippen LogP contribution >= 0.6 is 0 Å². The third-order valence-corrected chi connectivity index (χ3v) is 5.51. The fourth-order valence-electron chi connectivity index (χ4n) is 3.75.